The standard InChI is InChI=1S/C17H23NO4/c1-17(2)8-4-5-12(10-17)16(21)18-13-6-3-7-14(9-13)22-11-15(19)20/h3,6-7,9,12H,4-5,8,10-11H2,1-2H3,(H,18,21)(H,19,20). The fourth-order valence-corrected chi connectivity index (χ4v) is 2.97. The molecule has 120 valence electrons. The van der Waals surface area contributed by atoms with Gasteiger partial charge in [-0.1, -0.05) is 26.3 Å². The highest BCUT2D eigenvalue weighted by atomic mass is 16.5. The molecule has 0 spiro atoms. The van der Waals surface area contributed by atoms with Crippen molar-refractivity contribution in [2.45, 2.75) is 39.5 Å². The van der Waals surface area contributed by atoms with Crippen LogP contribution in [0.5, 0.6) is 5.75 Å². The summed E-state index contributed by atoms with van der Waals surface area (Å²) in [5.74, 6) is -0.529. The molecule has 0 aliphatic heterocycles. The second kappa shape index (κ2) is 6.81. The van der Waals surface area contributed by atoms with Gasteiger partial charge >= 0.3 is 5.97 Å². The molecule has 1 aromatic rings. The minimum Gasteiger partial charge on any atom is -0.482 e. The van der Waals surface area contributed by atoms with Crippen molar-refractivity contribution < 1.29 is 19.4 Å². The summed E-state index contributed by atoms with van der Waals surface area (Å²) in [5, 5.41) is 11.5. The highest BCUT2D eigenvalue weighted by molar-refractivity contribution is 5.92. The van der Waals surface area contributed by atoms with Crippen LogP contribution in [0, 0.1) is 11.3 Å². The van der Waals surface area contributed by atoms with Crippen LogP contribution in [0.25, 0.3) is 0 Å². The summed E-state index contributed by atoms with van der Waals surface area (Å²) >= 11 is 0. The molecule has 0 heterocycles. The second-order valence-electron chi connectivity index (χ2n) is 6.66. The molecule has 2 rings (SSSR count). The van der Waals surface area contributed by atoms with Gasteiger partial charge in [0, 0.05) is 17.7 Å². The Hall–Kier alpha value is -2.04. The first kappa shape index (κ1) is 16.3. The quantitative estimate of drug-likeness (QED) is 0.875. The number of benzene rings is 1. The summed E-state index contributed by atoms with van der Waals surface area (Å²) in [6, 6.07) is 6.83. The van der Waals surface area contributed by atoms with Crippen molar-refractivity contribution in [3.8, 4) is 5.75 Å². The maximum atomic E-state index is 12.4. The summed E-state index contributed by atoms with van der Waals surface area (Å²) in [7, 11) is 0. The van der Waals surface area contributed by atoms with Crippen molar-refractivity contribution >= 4 is 17.6 Å². The molecule has 22 heavy (non-hydrogen) atoms. The maximum Gasteiger partial charge on any atom is 0.341 e. The van der Waals surface area contributed by atoms with Crippen molar-refractivity contribution in [3.05, 3.63) is 24.3 Å². The topological polar surface area (TPSA) is 75.6 Å². The molecular formula is C17H23NO4. The van der Waals surface area contributed by atoms with E-state index < -0.39 is 12.6 Å². The van der Waals surface area contributed by atoms with Crippen LogP contribution in [0.4, 0.5) is 5.69 Å². The molecule has 0 radical (unpaired) electrons. The summed E-state index contributed by atoms with van der Waals surface area (Å²) in [5.41, 5.74) is 0.850. The van der Waals surface area contributed by atoms with Gasteiger partial charge in [0.25, 0.3) is 0 Å². The maximum absolute atomic E-state index is 12.4. The molecule has 5 heteroatoms. The first-order chi connectivity index (χ1) is 10.4. The average molecular weight is 305 g/mol. The van der Waals surface area contributed by atoms with E-state index in [2.05, 4.69) is 19.2 Å². The Morgan fingerprint density at radius 2 is 2.18 bits per heavy atom. The van der Waals surface area contributed by atoms with Crippen molar-refractivity contribution in [1.29, 1.82) is 0 Å². The van der Waals surface area contributed by atoms with E-state index in [4.69, 9.17) is 9.84 Å². The van der Waals surface area contributed by atoms with Gasteiger partial charge in [0.15, 0.2) is 6.61 Å². The highest BCUT2D eigenvalue weighted by Gasteiger charge is 2.31. The number of rotatable bonds is 5. The third-order valence-electron chi connectivity index (χ3n) is 4.04. The predicted octanol–water partition coefficient (Wildman–Crippen LogP) is 3.30. The SMILES string of the molecule is CC1(C)CCCC(C(=O)Nc2cccc(OCC(=O)O)c2)C1. The largest absolute Gasteiger partial charge is 0.482 e. The fourth-order valence-electron chi connectivity index (χ4n) is 2.97. The molecule has 1 aliphatic carbocycles. The number of nitrogens with one attached hydrogen (secondary N) is 1. The predicted molar refractivity (Wildman–Crippen MR) is 83.9 cm³/mol. The third kappa shape index (κ3) is 4.76. The summed E-state index contributed by atoms with van der Waals surface area (Å²) in [4.78, 5) is 22.9. The summed E-state index contributed by atoms with van der Waals surface area (Å²) in [6.45, 7) is 4.01. The van der Waals surface area contributed by atoms with Crippen LogP contribution in [0.2, 0.25) is 0 Å². The average Bonchev–Trinajstić information content (AvgIpc) is 2.44. The Balaban J connectivity index is 1.96. The van der Waals surface area contributed by atoms with Crippen molar-refractivity contribution in [2.24, 2.45) is 11.3 Å². The van der Waals surface area contributed by atoms with Crippen LogP contribution in [0.1, 0.15) is 39.5 Å². The first-order valence-corrected chi connectivity index (χ1v) is 7.61. The van der Waals surface area contributed by atoms with Crippen LogP contribution in [0.15, 0.2) is 24.3 Å². The normalized spacial score (nSPS) is 20.2. The molecule has 0 aromatic heterocycles. The first-order valence-electron chi connectivity index (χ1n) is 7.61. The Morgan fingerprint density at radius 1 is 1.41 bits per heavy atom. The van der Waals surface area contributed by atoms with Gasteiger partial charge in [-0.25, -0.2) is 4.79 Å². The molecule has 0 saturated heterocycles. The molecule has 1 amide bonds. The Morgan fingerprint density at radius 3 is 2.86 bits per heavy atom. The van der Waals surface area contributed by atoms with Crippen LogP contribution in [0.3, 0.4) is 0 Å². The molecule has 1 saturated carbocycles. The fraction of sp³-hybridized carbons (Fsp3) is 0.529. The summed E-state index contributed by atoms with van der Waals surface area (Å²) in [6.07, 6.45) is 4.06. The van der Waals surface area contributed by atoms with E-state index in [-0.39, 0.29) is 17.2 Å². The zero-order valence-corrected chi connectivity index (χ0v) is 13.1. The van der Waals surface area contributed by atoms with Gasteiger partial charge in [0.2, 0.25) is 5.91 Å². The Bertz CT molecular complexity index is 553. The van der Waals surface area contributed by atoms with E-state index in [1.54, 1.807) is 24.3 Å². The van der Waals surface area contributed by atoms with Gasteiger partial charge in [0.1, 0.15) is 5.75 Å². The lowest BCUT2D eigenvalue weighted by Crippen LogP contribution is -2.31. The monoisotopic (exact) mass is 305 g/mol. The number of ether oxygens (including phenoxy) is 1. The number of carboxylic acids is 1. The van der Waals surface area contributed by atoms with Gasteiger partial charge < -0.3 is 15.2 Å². The molecular weight excluding hydrogens is 282 g/mol. The molecule has 1 aromatic carbocycles. The number of carbonyl (C=O) groups is 2. The number of carboxylic acid groups (broad SMARTS) is 1. The molecule has 1 atom stereocenters. The third-order valence-corrected chi connectivity index (χ3v) is 4.04. The molecule has 1 aliphatic rings. The zero-order valence-electron chi connectivity index (χ0n) is 13.1. The van der Waals surface area contributed by atoms with Gasteiger partial charge in [0.05, 0.1) is 0 Å². The van der Waals surface area contributed by atoms with Crippen LogP contribution in [-0.2, 0) is 9.59 Å². The number of amides is 1. The number of aliphatic carboxylic acids is 1. The lowest BCUT2D eigenvalue weighted by atomic mass is 9.72. The van der Waals surface area contributed by atoms with E-state index in [9.17, 15) is 9.59 Å². The smallest absolute Gasteiger partial charge is 0.341 e. The molecule has 1 unspecified atom stereocenters. The lowest BCUT2D eigenvalue weighted by molar-refractivity contribution is -0.139. The second-order valence-corrected chi connectivity index (χ2v) is 6.66. The minimum absolute atomic E-state index is 0.0307. The number of carbonyl (C=O) groups excluding carboxylic acids is 1. The van der Waals surface area contributed by atoms with E-state index >= 15 is 0 Å². The number of hydrogen-bond acceptors (Lipinski definition) is 3. The van der Waals surface area contributed by atoms with Gasteiger partial charge in [-0.3, -0.25) is 4.79 Å². The zero-order chi connectivity index (χ0) is 16.2. The van der Waals surface area contributed by atoms with Crippen LogP contribution in [-0.4, -0.2) is 23.6 Å². The van der Waals surface area contributed by atoms with Gasteiger partial charge in [-0.2, -0.15) is 0 Å². The molecule has 1 fully saturated rings. The highest BCUT2D eigenvalue weighted by Crippen LogP contribution is 2.39. The number of anilines is 1. The van der Waals surface area contributed by atoms with E-state index in [1.807, 2.05) is 0 Å². The Labute approximate surface area is 130 Å². The molecule has 0 bridgehead atoms. The lowest BCUT2D eigenvalue weighted by Gasteiger charge is -2.34. The van der Waals surface area contributed by atoms with Crippen molar-refractivity contribution in [3.63, 3.8) is 0 Å². The van der Waals surface area contributed by atoms with Crippen LogP contribution >= 0.6 is 0 Å². The van der Waals surface area contributed by atoms with Crippen molar-refractivity contribution in [2.75, 3.05) is 11.9 Å². The van der Waals surface area contributed by atoms with Crippen molar-refractivity contribution in [1.82, 2.24) is 0 Å². The van der Waals surface area contributed by atoms with Crippen LogP contribution < -0.4 is 10.1 Å². The van der Waals surface area contributed by atoms with Gasteiger partial charge in [-0.15, -0.1) is 0 Å². The molecule has 5 nitrogen and oxygen atoms in total. The number of hydrogen-bond donors (Lipinski definition) is 2. The van der Waals surface area contributed by atoms with E-state index in [1.165, 1.54) is 0 Å². The van der Waals surface area contributed by atoms with E-state index in [0.717, 1.165) is 25.7 Å². The van der Waals surface area contributed by atoms with Gasteiger partial charge in [-0.05, 0) is 36.8 Å². The molecule has 2 N–H and O–H groups in total. The summed E-state index contributed by atoms with van der Waals surface area (Å²) < 4.78 is 5.12. The van der Waals surface area contributed by atoms with E-state index in [0.29, 0.717) is 11.4 Å². The minimum atomic E-state index is -1.03. The Kier molecular flexibility index (Phi) is 5.06.